The molecule has 5 nitrogen and oxygen atoms in total. The van der Waals surface area contributed by atoms with Crippen LogP contribution in [0.1, 0.15) is 21.7 Å². The van der Waals surface area contributed by atoms with Gasteiger partial charge in [-0.2, -0.15) is 5.10 Å². The van der Waals surface area contributed by atoms with E-state index in [-0.39, 0.29) is 5.91 Å². The molecule has 134 valence electrons. The van der Waals surface area contributed by atoms with Crippen molar-refractivity contribution in [3.63, 3.8) is 0 Å². The predicted molar refractivity (Wildman–Crippen MR) is 108 cm³/mol. The van der Waals surface area contributed by atoms with Gasteiger partial charge >= 0.3 is 0 Å². The lowest BCUT2D eigenvalue weighted by Gasteiger charge is -2.05. The largest absolute Gasteiger partial charge is 0.354 e. The Morgan fingerprint density at radius 2 is 2.00 bits per heavy atom. The molecule has 4 aromatic rings. The summed E-state index contributed by atoms with van der Waals surface area (Å²) < 4.78 is 0.827. The van der Waals surface area contributed by atoms with Crippen LogP contribution in [0.2, 0.25) is 5.02 Å². The number of pyridine rings is 1. The first kappa shape index (κ1) is 17.6. The number of amides is 1. The van der Waals surface area contributed by atoms with Crippen LogP contribution in [0.15, 0.2) is 54.9 Å². The summed E-state index contributed by atoms with van der Waals surface area (Å²) in [4.78, 5) is 17.4. The Bertz CT molecular complexity index is 1110. The van der Waals surface area contributed by atoms with Crippen LogP contribution in [0.5, 0.6) is 0 Å². The molecule has 0 aliphatic carbocycles. The van der Waals surface area contributed by atoms with E-state index >= 15 is 0 Å². The number of hydrogen-bond donors (Lipinski definition) is 1. The average Bonchev–Trinajstić information content (AvgIpc) is 3.15. The van der Waals surface area contributed by atoms with Gasteiger partial charge in [-0.1, -0.05) is 29.8 Å². The van der Waals surface area contributed by atoms with Crippen molar-refractivity contribution in [2.45, 2.75) is 6.42 Å². The van der Waals surface area contributed by atoms with Crippen molar-refractivity contribution >= 4 is 38.9 Å². The summed E-state index contributed by atoms with van der Waals surface area (Å²) in [6.07, 6.45) is 4.15. The van der Waals surface area contributed by atoms with E-state index in [9.17, 15) is 4.79 Å². The molecule has 0 fully saturated rings. The first-order chi connectivity index (χ1) is 13.2. The van der Waals surface area contributed by atoms with E-state index in [4.69, 9.17) is 11.6 Å². The third-order valence-electron chi connectivity index (χ3n) is 4.19. The number of benzene rings is 1. The van der Waals surface area contributed by atoms with Crippen LogP contribution in [0.3, 0.4) is 0 Å². The third-order valence-corrected chi connectivity index (χ3v) is 5.64. The smallest absolute Gasteiger partial charge is 0.273 e. The molecular weight excluding hydrogens is 380 g/mol. The van der Waals surface area contributed by atoms with E-state index in [1.54, 1.807) is 13.2 Å². The Hall–Kier alpha value is -2.83. The SMILES string of the molecule is CNC(=O)c1nnc(Cc2cccnc2)c2cc(-c3ccc(Cl)cc3)sc12. The number of nitrogens with one attached hydrogen (secondary N) is 1. The number of carbonyl (C=O) groups is 1. The fourth-order valence-corrected chi connectivity index (χ4v) is 4.13. The molecule has 0 saturated heterocycles. The minimum atomic E-state index is -0.245. The number of halogens is 1. The number of carbonyl (C=O) groups excluding carboxylic acids is 1. The standard InChI is InChI=1S/C20H15ClN4OS/c1-22-20(26)18-19-15(10-17(27-19)13-4-6-14(21)7-5-13)16(24-25-18)9-12-3-2-8-23-11-12/h2-8,10-11H,9H2,1H3,(H,22,26). The molecule has 0 saturated carbocycles. The molecule has 0 aliphatic rings. The van der Waals surface area contributed by atoms with Crippen LogP contribution in [0, 0.1) is 0 Å². The van der Waals surface area contributed by atoms with E-state index < -0.39 is 0 Å². The van der Waals surface area contributed by atoms with Crippen molar-refractivity contribution in [2.24, 2.45) is 0 Å². The van der Waals surface area contributed by atoms with Crippen LogP contribution in [-0.2, 0) is 6.42 Å². The number of thiophene rings is 1. The molecule has 0 spiro atoms. The lowest BCUT2D eigenvalue weighted by atomic mass is 10.1. The lowest BCUT2D eigenvalue weighted by Crippen LogP contribution is -2.20. The molecule has 0 radical (unpaired) electrons. The minimum Gasteiger partial charge on any atom is -0.354 e. The Labute approximate surface area is 165 Å². The molecule has 7 heteroatoms. The highest BCUT2D eigenvalue weighted by Gasteiger charge is 2.18. The van der Waals surface area contributed by atoms with Gasteiger partial charge in [-0.25, -0.2) is 0 Å². The summed E-state index contributed by atoms with van der Waals surface area (Å²) in [6, 6.07) is 13.6. The fourth-order valence-electron chi connectivity index (χ4n) is 2.84. The molecule has 1 aromatic carbocycles. The first-order valence-electron chi connectivity index (χ1n) is 8.31. The molecule has 1 N–H and O–H groups in total. The third kappa shape index (κ3) is 3.54. The summed E-state index contributed by atoms with van der Waals surface area (Å²) in [5.41, 5.74) is 3.24. The van der Waals surface area contributed by atoms with Crippen molar-refractivity contribution < 1.29 is 4.79 Å². The molecular formula is C20H15ClN4OS. The van der Waals surface area contributed by atoms with Crippen LogP contribution in [0.25, 0.3) is 20.5 Å². The molecule has 0 bridgehead atoms. The van der Waals surface area contributed by atoms with Gasteiger partial charge in [0.15, 0.2) is 5.69 Å². The zero-order valence-corrected chi connectivity index (χ0v) is 16.0. The molecule has 27 heavy (non-hydrogen) atoms. The molecule has 4 rings (SSSR count). The Kier molecular flexibility index (Phi) is 4.83. The Balaban J connectivity index is 1.87. The molecule has 3 aromatic heterocycles. The van der Waals surface area contributed by atoms with Crippen molar-refractivity contribution in [3.05, 3.63) is 76.8 Å². The van der Waals surface area contributed by atoms with E-state index in [2.05, 4.69) is 26.6 Å². The Morgan fingerprint density at radius 3 is 2.70 bits per heavy atom. The quantitative estimate of drug-likeness (QED) is 0.558. The van der Waals surface area contributed by atoms with E-state index in [1.165, 1.54) is 11.3 Å². The minimum absolute atomic E-state index is 0.245. The highest BCUT2D eigenvalue weighted by Crippen LogP contribution is 2.36. The van der Waals surface area contributed by atoms with Gasteiger partial charge in [0.05, 0.1) is 10.4 Å². The predicted octanol–water partition coefficient (Wildman–Crippen LogP) is 4.36. The van der Waals surface area contributed by atoms with Gasteiger partial charge in [-0.05, 0) is 35.4 Å². The number of rotatable bonds is 4. The summed E-state index contributed by atoms with van der Waals surface area (Å²) in [5.74, 6) is -0.245. The zero-order chi connectivity index (χ0) is 18.8. The Morgan fingerprint density at radius 1 is 1.19 bits per heavy atom. The van der Waals surface area contributed by atoms with Gasteiger partial charge in [0.2, 0.25) is 0 Å². The molecule has 3 heterocycles. The second-order valence-electron chi connectivity index (χ2n) is 5.97. The zero-order valence-electron chi connectivity index (χ0n) is 14.4. The second kappa shape index (κ2) is 7.42. The normalized spacial score (nSPS) is 10.9. The van der Waals surface area contributed by atoms with E-state index in [0.717, 1.165) is 31.8 Å². The van der Waals surface area contributed by atoms with Gasteiger partial charge in [0.1, 0.15) is 0 Å². The highest BCUT2D eigenvalue weighted by atomic mass is 35.5. The van der Waals surface area contributed by atoms with Crippen LogP contribution in [0.4, 0.5) is 0 Å². The van der Waals surface area contributed by atoms with Crippen molar-refractivity contribution in [1.29, 1.82) is 0 Å². The second-order valence-corrected chi connectivity index (χ2v) is 7.46. The van der Waals surface area contributed by atoms with Gasteiger partial charge in [-0.15, -0.1) is 16.4 Å². The molecule has 0 aliphatic heterocycles. The van der Waals surface area contributed by atoms with E-state index in [0.29, 0.717) is 17.1 Å². The average molecular weight is 395 g/mol. The van der Waals surface area contributed by atoms with E-state index in [1.807, 2.05) is 42.6 Å². The lowest BCUT2D eigenvalue weighted by molar-refractivity contribution is 0.0959. The number of aromatic nitrogens is 3. The van der Waals surface area contributed by atoms with Crippen molar-refractivity contribution in [2.75, 3.05) is 7.05 Å². The maximum atomic E-state index is 12.3. The van der Waals surface area contributed by atoms with Gasteiger partial charge in [-0.3, -0.25) is 9.78 Å². The van der Waals surface area contributed by atoms with Gasteiger partial charge in [0, 0.05) is 41.1 Å². The molecule has 1 amide bonds. The van der Waals surface area contributed by atoms with Crippen LogP contribution >= 0.6 is 22.9 Å². The monoisotopic (exact) mass is 394 g/mol. The summed E-state index contributed by atoms with van der Waals surface area (Å²) in [7, 11) is 1.59. The molecule has 0 unspecified atom stereocenters. The van der Waals surface area contributed by atoms with Crippen LogP contribution in [-0.4, -0.2) is 28.1 Å². The van der Waals surface area contributed by atoms with Crippen LogP contribution < -0.4 is 5.32 Å². The van der Waals surface area contributed by atoms with Gasteiger partial charge in [0.25, 0.3) is 5.91 Å². The van der Waals surface area contributed by atoms with Crippen molar-refractivity contribution in [1.82, 2.24) is 20.5 Å². The number of nitrogens with zero attached hydrogens (tertiary/aromatic N) is 3. The summed E-state index contributed by atoms with van der Waals surface area (Å²) in [6.45, 7) is 0. The maximum Gasteiger partial charge on any atom is 0.273 e. The summed E-state index contributed by atoms with van der Waals surface area (Å²) in [5, 5.41) is 12.8. The molecule has 0 atom stereocenters. The maximum absolute atomic E-state index is 12.3. The first-order valence-corrected chi connectivity index (χ1v) is 9.51. The number of fused-ring (bicyclic) bond motifs is 1. The topological polar surface area (TPSA) is 67.8 Å². The fraction of sp³-hybridized carbons (Fsp3) is 0.100. The number of hydrogen-bond acceptors (Lipinski definition) is 5. The summed E-state index contributed by atoms with van der Waals surface area (Å²) >= 11 is 7.53. The highest BCUT2D eigenvalue weighted by molar-refractivity contribution is 7.22. The van der Waals surface area contributed by atoms with Gasteiger partial charge < -0.3 is 5.32 Å². The van der Waals surface area contributed by atoms with Crippen molar-refractivity contribution in [3.8, 4) is 10.4 Å².